The Kier molecular flexibility index (Phi) is 1.81. The SMILES string of the molecule is CC(C)(F)c1cnccc1N. The minimum absolute atomic E-state index is 0.444. The van der Waals surface area contributed by atoms with E-state index < -0.39 is 5.67 Å². The third-order valence-electron chi connectivity index (χ3n) is 1.50. The van der Waals surface area contributed by atoms with Crippen molar-refractivity contribution in [3.05, 3.63) is 24.0 Å². The minimum Gasteiger partial charge on any atom is -0.398 e. The van der Waals surface area contributed by atoms with Gasteiger partial charge in [0.15, 0.2) is 0 Å². The van der Waals surface area contributed by atoms with Gasteiger partial charge >= 0.3 is 0 Å². The average Bonchev–Trinajstić information content (AvgIpc) is 1.86. The second-order valence-electron chi connectivity index (χ2n) is 2.94. The molecule has 0 unspecified atom stereocenters. The van der Waals surface area contributed by atoms with Crippen LogP contribution in [0, 0.1) is 0 Å². The Morgan fingerprint density at radius 2 is 2.18 bits per heavy atom. The van der Waals surface area contributed by atoms with Gasteiger partial charge in [0.1, 0.15) is 5.67 Å². The molecule has 11 heavy (non-hydrogen) atoms. The number of nitrogen functional groups attached to an aromatic ring is 1. The van der Waals surface area contributed by atoms with Crippen molar-refractivity contribution in [2.45, 2.75) is 19.5 Å². The number of aromatic nitrogens is 1. The summed E-state index contributed by atoms with van der Waals surface area (Å²) < 4.78 is 13.3. The number of hydrogen-bond acceptors (Lipinski definition) is 2. The molecule has 1 heterocycles. The number of nitrogens with zero attached hydrogens (tertiary/aromatic N) is 1. The molecule has 0 aromatic carbocycles. The van der Waals surface area contributed by atoms with Crippen molar-refractivity contribution < 1.29 is 4.39 Å². The van der Waals surface area contributed by atoms with Gasteiger partial charge in [0, 0.05) is 23.6 Å². The lowest BCUT2D eigenvalue weighted by Crippen LogP contribution is -2.12. The predicted molar refractivity (Wildman–Crippen MR) is 42.8 cm³/mol. The largest absolute Gasteiger partial charge is 0.398 e. The van der Waals surface area contributed by atoms with Crippen LogP contribution in [0.2, 0.25) is 0 Å². The number of rotatable bonds is 1. The predicted octanol–water partition coefficient (Wildman–Crippen LogP) is 1.87. The number of halogens is 1. The quantitative estimate of drug-likeness (QED) is 0.670. The highest BCUT2D eigenvalue weighted by Gasteiger charge is 2.21. The van der Waals surface area contributed by atoms with Gasteiger partial charge in [-0.2, -0.15) is 0 Å². The van der Waals surface area contributed by atoms with Gasteiger partial charge in [-0.15, -0.1) is 0 Å². The summed E-state index contributed by atoms with van der Waals surface area (Å²) in [6.45, 7) is 2.92. The standard InChI is InChI=1S/C8H11FN2/c1-8(2,9)6-5-11-4-3-7(6)10/h3-5H,1-2H3,(H2,10,11). The molecule has 0 fully saturated rings. The Balaban J connectivity index is 3.14. The Hall–Kier alpha value is -1.12. The lowest BCUT2D eigenvalue weighted by molar-refractivity contribution is 0.222. The van der Waals surface area contributed by atoms with Crippen molar-refractivity contribution >= 4 is 5.69 Å². The van der Waals surface area contributed by atoms with Crippen molar-refractivity contribution in [1.82, 2.24) is 4.98 Å². The molecule has 1 rings (SSSR count). The first-order valence-electron chi connectivity index (χ1n) is 3.40. The van der Waals surface area contributed by atoms with Gasteiger partial charge in [0.05, 0.1) is 0 Å². The maximum absolute atomic E-state index is 13.3. The van der Waals surface area contributed by atoms with E-state index in [1.54, 1.807) is 12.3 Å². The Morgan fingerprint density at radius 1 is 1.55 bits per heavy atom. The van der Waals surface area contributed by atoms with Crippen LogP contribution < -0.4 is 5.73 Å². The van der Waals surface area contributed by atoms with E-state index in [2.05, 4.69) is 4.98 Å². The molecule has 0 atom stereocenters. The third kappa shape index (κ3) is 1.67. The first-order chi connectivity index (χ1) is 5.02. The molecule has 0 amide bonds. The van der Waals surface area contributed by atoms with E-state index in [0.29, 0.717) is 11.3 Å². The zero-order valence-corrected chi connectivity index (χ0v) is 6.63. The lowest BCUT2D eigenvalue weighted by atomic mass is 10.0. The van der Waals surface area contributed by atoms with Gasteiger partial charge in [0.25, 0.3) is 0 Å². The molecule has 0 saturated carbocycles. The lowest BCUT2D eigenvalue weighted by Gasteiger charge is -2.15. The Labute approximate surface area is 65.3 Å². The molecule has 0 aliphatic heterocycles. The fourth-order valence-corrected chi connectivity index (χ4v) is 0.902. The van der Waals surface area contributed by atoms with Gasteiger partial charge in [-0.3, -0.25) is 4.98 Å². The van der Waals surface area contributed by atoms with E-state index in [1.165, 1.54) is 20.0 Å². The second-order valence-corrected chi connectivity index (χ2v) is 2.94. The average molecular weight is 154 g/mol. The first kappa shape index (κ1) is 7.98. The summed E-state index contributed by atoms with van der Waals surface area (Å²) in [5.41, 5.74) is 5.02. The van der Waals surface area contributed by atoms with Crippen molar-refractivity contribution in [3.8, 4) is 0 Å². The fourth-order valence-electron chi connectivity index (χ4n) is 0.902. The topological polar surface area (TPSA) is 38.9 Å². The smallest absolute Gasteiger partial charge is 0.133 e. The molecule has 2 N–H and O–H groups in total. The molecule has 2 nitrogen and oxygen atoms in total. The van der Waals surface area contributed by atoms with Gasteiger partial charge < -0.3 is 5.73 Å². The van der Waals surface area contributed by atoms with Crippen molar-refractivity contribution in [3.63, 3.8) is 0 Å². The first-order valence-corrected chi connectivity index (χ1v) is 3.40. The summed E-state index contributed by atoms with van der Waals surface area (Å²) in [6, 6.07) is 1.59. The fraction of sp³-hybridized carbons (Fsp3) is 0.375. The van der Waals surface area contributed by atoms with Gasteiger partial charge in [0.2, 0.25) is 0 Å². The van der Waals surface area contributed by atoms with E-state index in [-0.39, 0.29) is 0 Å². The third-order valence-corrected chi connectivity index (χ3v) is 1.50. The van der Waals surface area contributed by atoms with Gasteiger partial charge in [-0.1, -0.05) is 0 Å². The Morgan fingerprint density at radius 3 is 2.55 bits per heavy atom. The van der Waals surface area contributed by atoms with Crippen LogP contribution in [-0.2, 0) is 5.67 Å². The summed E-state index contributed by atoms with van der Waals surface area (Å²) in [6.07, 6.45) is 3.00. The highest BCUT2D eigenvalue weighted by Crippen LogP contribution is 2.27. The van der Waals surface area contributed by atoms with Crippen LogP contribution in [0.5, 0.6) is 0 Å². The molecule has 0 aliphatic carbocycles. The highest BCUT2D eigenvalue weighted by atomic mass is 19.1. The number of anilines is 1. The Bertz CT molecular complexity index is 253. The van der Waals surface area contributed by atoms with E-state index in [4.69, 9.17) is 5.73 Å². The molecule has 0 bridgehead atoms. The molecule has 0 radical (unpaired) electrons. The van der Waals surface area contributed by atoms with E-state index in [1.807, 2.05) is 0 Å². The van der Waals surface area contributed by atoms with Crippen LogP contribution in [0.4, 0.5) is 10.1 Å². The summed E-state index contributed by atoms with van der Waals surface area (Å²) in [5, 5.41) is 0. The number of hydrogen-bond donors (Lipinski definition) is 1. The maximum Gasteiger partial charge on any atom is 0.133 e. The number of alkyl halides is 1. The molecular weight excluding hydrogens is 143 g/mol. The molecular formula is C8H11FN2. The van der Waals surface area contributed by atoms with Crippen molar-refractivity contribution in [2.75, 3.05) is 5.73 Å². The highest BCUT2D eigenvalue weighted by molar-refractivity contribution is 5.47. The minimum atomic E-state index is -1.40. The second kappa shape index (κ2) is 2.49. The zero-order valence-electron chi connectivity index (χ0n) is 6.63. The van der Waals surface area contributed by atoms with E-state index >= 15 is 0 Å². The molecule has 0 saturated heterocycles. The van der Waals surface area contributed by atoms with Gasteiger partial charge in [-0.05, 0) is 19.9 Å². The normalized spacial score (nSPS) is 11.5. The van der Waals surface area contributed by atoms with Crippen LogP contribution >= 0.6 is 0 Å². The zero-order chi connectivity index (χ0) is 8.48. The monoisotopic (exact) mass is 154 g/mol. The summed E-state index contributed by atoms with van der Waals surface area (Å²) in [4.78, 5) is 3.79. The molecule has 0 spiro atoms. The van der Waals surface area contributed by atoms with Crippen molar-refractivity contribution in [2.24, 2.45) is 0 Å². The maximum atomic E-state index is 13.3. The van der Waals surface area contributed by atoms with Crippen molar-refractivity contribution in [1.29, 1.82) is 0 Å². The molecule has 60 valence electrons. The summed E-state index contributed by atoms with van der Waals surface area (Å²) in [7, 11) is 0. The van der Waals surface area contributed by atoms with Crippen LogP contribution in [0.25, 0.3) is 0 Å². The van der Waals surface area contributed by atoms with E-state index in [9.17, 15) is 4.39 Å². The number of pyridine rings is 1. The molecule has 1 aromatic heterocycles. The summed E-state index contributed by atoms with van der Waals surface area (Å²) in [5.74, 6) is 0. The summed E-state index contributed by atoms with van der Waals surface area (Å²) >= 11 is 0. The van der Waals surface area contributed by atoms with E-state index in [0.717, 1.165) is 0 Å². The van der Waals surface area contributed by atoms with Crippen LogP contribution in [-0.4, -0.2) is 4.98 Å². The molecule has 3 heteroatoms. The molecule has 1 aromatic rings. The van der Waals surface area contributed by atoms with Crippen LogP contribution in [0.1, 0.15) is 19.4 Å². The van der Waals surface area contributed by atoms with Crippen LogP contribution in [0.3, 0.4) is 0 Å². The van der Waals surface area contributed by atoms with Gasteiger partial charge in [-0.25, -0.2) is 4.39 Å². The van der Waals surface area contributed by atoms with Crippen LogP contribution in [0.15, 0.2) is 18.5 Å². The molecule has 0 aliphatic rings. The number of nitrogens with two attached hydrogens (primary N) is 1.